The summed E-state index contributed by atoms with van der Waals surface area (Å²) >= 11 is 0. The average Bonchev–Trinajstić information content (AvgIpc) is 2.97. The van der Waals surface area contributed by atoms with Gasteiger partial charge in [-0.05, 0) is 42.0 Å². The molecule has 1 amide bonds. The zero-order valence-electron chi connectivity index (χ0n) is 15.8. The molecule has 0 aromatic heterocycles. The fourth-order valence-electron chi connectivity index (χ4n) is 2.94. The molecular weight excluding hydrogens is 350 g/mol. The normalized spacial score (nSPS) is 19.4. The minimum absolute atomic E-state index is 0.0831. The van der Waals surface area contributed by atoms with Crippen molar-refractivity contribution >= 4 is 17.8 Å². The van der Waals surface area contributed by atoms with Crippen LogP contribution in [0.3, 0.4) is 0 Å². The Hall–Kier alpha value is -3.42. The second-order valence-corrected chi connectivity index (χ2v) is 6.85. The third-order valence-electron chi connectivity index (χ3n) is 4.46. The van der Waals surface area contributed by atoms with E-state index in [9.17, 15) is 14.7 Å². The van der Waals surface area contributed by atoms with Crippen LogP contribution in [0.25, 0.3) is 6.08 Å². The zero-order valence-corrected chi connectivity index (χ0v) is 15.8. The number of rotatable bonds is 3. The smallest absolute Gasteiger partial charge is 0.253 e. The molecule has 2 aromatic carbocycles. The Morgan fingerprint density at radius 1 is 1.14 bits per heavy atom. The highest BCUT2D eigenvalue weighted by atomic mass is 16.3. The first-order valence-corrected chi connectivity index (χ1v) is 8.93. The number of amides is 1. The Morgan fingerprint density at radius 3 is 2.61 bits per heavy atom. The molecule has 1 aliphatic carbocycles. The molecule has 4 heteroatoms. The van der Waals surface area contributed by atoms with Crippen molar-refractivity contribution in [2.24, 2.45) is 0 Å². The zero-order chi connectivity index (χ0) is 20.1. The number of carbonyl (C=O) groups is 2. The molecule has 3 rings (SSSR count). The summed E-state index contributed by atoms with van der Waals surface area (Å²) in [5.41, 5.74) is 0.964. The number of benzene rings is 2. The van der Waals surface area contributed by atoms with Gasteiger partial charge in [-0.15, -0.1) is 0 Å². The molecule has 0 fully saturated rings. The number of ketones is 1. The molecule has 0 radical (unpaired) electrons. The Kier molecular flexibility index (Phi) is 5.58. The summed E-state index contributed by atoms with van der Waals surface area (Å²) in [6.45, 7) is 0. The predicted molar refractivity (Wildman–Crippen MR) is 109 cm³/mol. The van der Waals surface area contributed by atoms with Gasteiger partial charge in [0.15, 0.2) is 5.78 Å². The Labute approximate surface area is 164 Å². The number of hydrogen-bond donors (Lipinski definition) is 1. The van der Waals surface area contributed by atoms with E-state index in [4.69, 9.17) is 0 Å². The fraction of sp³-hybridized carbons (Fsp3) is 0.167. The van der Waals surface area contributed by atoms with Gasteiger partial charge >= 0.3 is 0 Å². The standard InChI is InChI=1S/C24H21NO3/c1-25(2)23(27)20-12-6-10-18(16-20)11-7-14-24(28)15-13-22(26)21(24)17-19-8-4-3-5-9-19/h3-6,8-10,12-13,15-17,28H,14H2,1-2H3/b21-17-. The van der Waals surface area contributed by atoms with Crippen LogP contribution in [0.4, 0.5) is 0 Å². The van der Waals surface area contributed by atoms with Crippen molar-refractivity contribution in [2.75, 3.05) is 14.1 Å². The SMILES string of the molecule is CN(C)C(=O)c1cccc(C#CCC2(O)C=CC(=O)/C2=C/c2ccccc2)c1. The molecule has 1 atom stereocenters. The van der Waals surface area contributed by atoms with Crippen LogP contribution in [-0.2, 0) is 4.79 Å². The molecule has 0 heterocycles. The van der Waals surface area contributed by atoms with Crippen LogP contribution in [0.15, 0.2) is 72.3 Å². The van der Waals surface area contributed by atoms with E-state index in [1.807, 2.05) is 30.3 Å². The molecule has 0 aliphatic heterocycles. The largest absolute Gasteiger partial charge is 0.380 e. The van der Waals surface area contributed by atoms with Crippen LogP contribution in [0.1, 0.15) is 27.9 Å². The summed E-state index contributed by atoms with van der Waals surface area (Å²) in [4.78, 5) is 25.8. The summed E-state index contributed by atoms with van der Waals surface area (Å²) in [7, 11) is 3.39. The second-order valence-electron chi connectivity index (χ2n) is 6.85. The van der Waals surface area contributed by atoms with E-state index in [2.05, 4.69) is 11.8 Å². The van der Waals surface area contributed by atoms with Gasteiger partial charge in [0.2, 0.25) is 0 Å². The van der Waals surface area contributed by atoms with Gasteiger partial charge in [-0.25, -0.2) is 0 Å². The topological polar surface area (TPSA) is 57.6 Å². The minimum Gasteiger partial charge on any atom is -0.380 e. The molecule has 4 nitrogen and oxygen atoms in total. The Bertz CT molecular complexity index is 1020. The van der Waals surface area contributed by atoms with E-state index in [-0.39, 0.29) is 18.1 Å². The third-order valence-corrected chi connectivity index (χ3v) is 4.46. The molecule has 1 N–H and O–H groups in total. The minimum atomic E-state index is -1.42. The highest BCUT2D eigenvalue weighted by Crippen LogP contribution is 2.31. The molecule has 1 aliphatic rings. The van der Waals surface area contributed by atoms with Gasteiger partial charge in [-0.3, -0.25) is 9.59 Å². The first-order chi connectivity index (χ1) is 13.4. The van der Waals surface area contributed by atoms with Crippen LogP contribution in [0.2, 0.25) is 0 Å². The maximum absolute atomic E-state index is 12.2. The van der Waals surface area contributed by atoms with Crippen LogP contribution in [0.5, 0.6) is 0 Å². The van der Waals surface area contributed by atoms with Crippen molar-refractivity contribution < 1.29 is 14.7 Å². The van der Waals surface area contributed by atoms with Gasteiger partial charge in [0, 0.05) is 37.2 Å². The lowest BCUT2D eigenvalue weighted by atomic mass is 9.91. The number of carbonyl (C=O) groups excluding carboxylic acids is 2. The summed E-state index contributed by atoms with van der Waals surface area (Å²) in [6, 6.07) is 16.4. The predicted octanol–water partition coefficient (Wildman–Crippen LogP) is 3.08. The molecule has 0 saturated heterocycles. The Morgan fingerprint density at radius 2 is 1.89 bits per heavy atom. The Balaban J connectivity index is 1.82. The van der Waals surface area contributed by atoms with Crippen molar-refractivity contribution in [1.29, 1.82) is 0 Å². The van der Waals surface area contributed by atoms with E-state index in [1.54, 1.807) is 44.4 Å². The molecule has 1 unspecified atom stereocenters. The van der Waals surface area contributed by atoms with Crippen LogP contribution >= 0.6 is 0 Å². The van der Waals surface area contributed by atoms with E-state index >= 15 is 0 Å². The van der Waals surface area contributed by atoms with Gasteiger partial charge < -0.3 is 10.0 Å². The molecule has 2 aromatic rings. The van der Waals surface area contributed by atoms with E-state index in [0.717, 1.165) is 5.56 Å². The van der Waals surface area contributed by atoms with Crippen molar-refractivity contribution in [3.05, 3.63) is 89.0 Å². The first-order valence-electron chi connectivity index (χ1n) is 8.93. The fourth-order valence-corrected chi connectivity index (χ4v) is 2.94. The lowest BCUT2D eigenvalue weighted by Crippen LogP contribution is -2.27. The van der Waals surface area contributed by atoms with Crippen molar-refractivity contribution in [2.45, 2.75) is 12.0 Å². The summed E-state index contributed by atoms with van der Waals surface area (Å²) < 4.78 is 0. The van der Waals surface area contributed by atoms with Crippen molar-refractivity contribution in [3.63, 3.8) is 0 Å². The van der Waals surface area contributed by atoms with Crippen LogP contribution in [0, 0.1) is 11.8 Å². The number of aliphatic hydroxyl groups is 1. The molecule has 0 bridgehead atoms. The van der Waals surface area contributed by atoms with Crippen molar-refractivity contribution in [3.8, 4) is 11.8 Å². The molecule has 28 heavy (non-hydrogen) atoms. The number of hydrogen-bond acceptors (Lipinski definition) is 3. The van der Waals surface area contributed by atoms with Crippen LogP contribution in [-0.4, -0.2) is 41.4 Å². The lowest BCUT2D eigenvalue weighted by molar-refractivity contribution is -0.111. The highest BCUT2D eigenvalue weighted by Gasteiger charge is 2.36. The second kappa shape index (κ2) is 8.08. The van der Waals surface area contributed by atoms with Gasteiger partial charge in [-0.1, -0.05) is 48.2 Å². The van der Waals surface area contributed by atoms with Gasteiger partial charge in [0.05, 0.1) is 0 Å². The molecule has 0 saturated carbocycles. The highest BCUT2D eigenvalue weighted by molar-refractivity contribution is 6.12. The van der Waals surface area contributed by atoms with E-state index < -0.39 is 5.60 Å². The third kappa shape index (κ3) is 4.28. The summed E-state index contributed by atoms with van der Waals surface area (Å²) in [6.07, 6.45) is 4.65. The molecular formula is C24H21NO3. The quantitative estimate of drug-likeness (QED) is 0.666. The van der Waals surface area contributed by atoms with Crippen molar-refractivity contribution in [1.82, 2.24) is 4.90 Å². The number of allylic oxidation sites excluding steroid dienone is 1. The van der Waals surface area contributed by atoms with Gasteiger partial charge in [0.25, 0.3) is 5.91 Å². The summed E-state index contributed by atoms with van der Waals surface area (Å²) in [5, 5.41) is 10.9. The van der Waals surface area contributed by atoms with E-state index in [1.165, 1.54) is 17.1 Å². The van der Waals surface area contributed by atoms with Gasteiger partial charge in [-0.2, -0.15) is 0 Å². The van der Waals surface area contributed by atoms with E-state index in [0.29, 0.717) is 16.7 Å². The molecule has 0 spiro atoms. The maximum Gasteiger partial charge on any atom is 0.253 e. The van der Waals surface area contributed by atoms with Gasteiger partial charge in [0.1, 0.15) is 5.60 Å². The maximum atomic E-state index is 12.2. The first kappa shape index (κ1) is 19.3. The summed E-state index contributed by atoms with van der Waals surface area (Å²) in [5.74, 6) is 5.61. The molecule has 140 valence electrons. The lowest BCUT2D eigenvalue weighted by Gasteiger charge is -2.19. The van der Waals surface area contributed by atoms with Crippen LogP contribution < -0.4 is 0 Å². The number of nitrogens with zero attached hydrogens (tertiary/aromatic N) is 1. The average molecular weight is 371 g/mol. The monoisotopic (exact) mass is 371 g/mol.